The van der Waals surface area contributed by atoms with E-state index in [4.69, 9.17) is 10.5 Å². The van der Waals surface area contributed by atoms with Crippen LogP contribution in [-0.2, 0) is 16.6 Å². The van der Waals surface area contributed by atoms with Crippen LogP contribution in [0.5, 0.6) is 5.75 Å². The summed E-state index contributed by atoms with van der Waals surface area (Å²) in [6.07, 6.45) is 4.07. The summed E-state index contributed by atoms with van der Waals surface area (Å²) >= 11 is 0. The highest BCUT2D eigenvalue weighted by molar-refractivity contribution is 5.98. The Morgan fingerprint density at radius 3 is 2.89 bits per heavy atom. The van der Waals surface area contributed by atoms with Gasteiger partial charge in [-0.2, -0.15) is 0 Å². The SMILES string of the molecule is NC(=O)c1ccc2c3c1OC1C(=O)CCC4(O)[C@@H](C2)N(CC2CC2)CCC314. The van der Waals surface area contributed by atoms with Gasteiger partial charge in [-0.15, -0.1) is 0 Å². The minimum Gasteiger partial charge on any atom is -0.480 e. The topological polar surface area (TPSA) is 92.9 Å². The smallest absolute Gasteiger partial charge is 0.252 e. The van der Waals surface area contributed by atoms with E-state index >= 15 is 0 Å². The zero-order valence-electron chi connectivity index (χ0n) is 15.2. The summed E-state index contributed by atoms with van der Waals surface area (Å²) in [4.78, 5) is 27.3. The molecule has 1 aromatic carbocycles. The van der Waals surface area contributed by atoms with Gasteiger partial charge in [0, 0.05) is 24.6 Å². The Morgan fingerprint density at radius 2 is 2.15 bits per heavy atom. The molecule has 142 valence electrons. The number of nitrogens with two attached hydrogens (primary N) is 1. The van der Waals surface area contributed by atoms with Crippen molar-refractivity contribution in [1.29, 1.82) is 0 Å². The Labute approximate surface area is 157 Å². The Balaban J connectivity index is 1.58. The number of carbonyl (C=O) groups excluding carboxylic acids is 2. The van der Waals surface area contributed by atoms with E-state index in [1.54, 1.807) is 6.07 Å². The lowest BCUT2D eigenvalue weighted by atomic mass is 9.49. The third kappa shape index (κ3) is 1.79. The molecule has 1 saturated heterocycles. The molecule has 2 bridgehead atoms. The molecule has 6 nitrogen and oxygen atoms in total. The molecule has 2 aliphatic heterocycles. The predicted molar refractivity (Wildman–Crippen MR) is 96.7 cm³/mol. The van der Waals surface area contributed by atoms with Gasteiger partial charge in [-0.1, -0.05) is 6.07 Å². The molecule has 3 fully saturated rings. The molecular weight excluding hydrogens is 344 g/mol. The summed E-state index contributed by atoms with van der Waals surface area (Å²) in [6.45, 7) is 1.89. The fraction of sp³-hybridized carbons (Fsp3) is 0.619. The molecule has 6 rings (SSSR count). The van der Waals surface area contributed by atoms with Gasteiger partial charge in [0.15, 0.2) is 11.9 Å². The maximum Gasteiger partial charge on any atom is 0.252 e. The number of piperidine rings is 1. The van der Waals surface area contributed by atoms with Crippen LogP contribution < -0.4 is 10.5 Å². The maximum atomic E-state index is 12.8. The average molecular weight is 368 g/mol. The van der Waals surface area contributed by atoms with Crippen molar-refractivity contribution in [3.05, 3.63) is 28.8 Å². The molecule has 1 amide bonds. The fourth-order valence-corrected chi connectivity index (χ4v) is 6.47. The van der Waals surface area contributed by atoms with Crippen LogP contribution in [0.2, 0.25) is 0 Å². The van der Waals surface area contributed by atoms with E-state index in [0.29, 0.717) is 30.6 Å². The maximum absolute atomic E-state index is 12.8. The van der Waals surface area contributed by atoms with E-state index in [0.717, 1.165) is 36.6 Å². The number of likely N-dealkylation sites (tertiary alicyclic amines) is 1. The van der Waals surface area contributed by atoms with Crippen molar-refractivity contribution < 1.29 is 19.4 Å². The quantitative estimate of drug-likeness (QED) is 0.828. The number of Topliss-reactive ketones (excluding diaryl/α,β-unsaturated/α-hetero) is 1. The summed E-state index contributed by atoms with van der Waals surface area (Å²) in [5.74, 6) is 0.686. The van der Waals surface area contributed by atoms with Crippen molar-refractivity contribution in [1.82, 2.24) is 4.90 Å². The lowest BCUT2D eigenvalue weighted by Gasteiger charge is -2.62. The number of benzene rings is 1. The van der Waals surface area contributed by atoms with Crippen molar-refractivity contribution in [2.24, 2.45) is 11.7 Å². The standard InChI is InChI=1S/C21H24N2O4/c22-19(25)13-4-3-12-9-15-21(26)6-5-14(24)18-20(21,16(12)17(13)27-18)7-8-23(15)10-11-1-2-11/h3-4,11,15,18,26H,1-2,5-10H2,(H2,22,25)/t15-,18?,20?,21?/m1/s1. The van der Waals surface area contributed by atoms with E-state index in [1.165, 1.54) is 12.8 Å². The van der Waals surface area contributed by atoms with Gasteiger partial charge in [0.1, 0.15) is 5.75 Å². The Morgan fingerprint density at radius 1 is 1.33 bits per heavy atom. The van der Waals surface area contributed by atoms with Gasteiger partial charge in [0.05, 0.1) is 16.6 Å². The van der Waals surface area contributed by atoms with Crippen LogP contribution in [0.15, 0.2) is 12.1 Å². The normalized spacial score (nSPS) is 39.1. The molecule has 5 aliphatic rings. The monoisotopic (exact) mass is 368 g/mol. The number of hydrogen-bond acceptors (Lipinski definition) is 5. The van der Waals surface area contributed by atoms with Gasteiger partial charge < -0.3 is 15.6 Å². The summed E-state index contributed by atoms with van der Waals surface area (Å²) in [5.41, 5.74) is 6.17. The zero-order valence-corrected chi connectivity index (χ0v) is 15.2. The molecule has 3 unspecified atom stereocenters. The lowest BCUT2D eigenvalue weighted by molar-refractivity contribution is -0.188. The number of hydrogen-bond donors (Lipinski definition) is 2. The molecule has 2 saturated carbocycles. The minimum atomic E-state index is -0.993. The van der Waals surface area contributed by atoms with Crippen molar-refractivity contribution in [2.45, 2.75) is 61.7 Å². The first-order valence-electron chi connectivity index (χ1n) is 10.1. The number of carbonyl (C=O) groups is 2. The van der Waals surface area contributed by atoms with E-state index in [-0.39, 0.29) is 11.8 Å². The molecule has 1 aromatic rings. The molecule has 4 atom stereocenters. The van der Waals surface area contributed by atoms with Gasteiger partial charge in [-0.05, 0) is 56.2 Å². The number of nitrogens with zero attached hydrogens (tertiary/aromatic N) is 1. The summed E-state index contributed by atoms with van der Waals surface area (Å²) in [7, 11) is 0. The first kappa shape index (κ1) is 16.1. The molecule has 3 aliphatic carbocycles. The molecule has 2 heterocycles. The number of ketones is 1. The van der Waals surface area contributed by atoms with Gasteiger partial charge in [0.25, 0.3) is 5.91 Å². The average Bonchev–Trinajstić information content (AvgIpc) is 3.37. The molecule has 0 aromatic heterocycles. The number of primary amides is 1. The lowest BCUT2D eigenvalue weighted by Crippen LogP contribution is -2.76. The second-order valence-electron chi connectivity index (χ2n) is 9.11. The highest BCUT2D eigenvalue weighted by Gasteiger charge is 2.73. The zero-order chi connectivity index (χ0) is 18.6. The van der Waals surface area contributed by atoms with Crippen molar-refractivity contribution in [3.63, 3.8) is 0 Å². The van der Waals surface area contributed by atoms with Gasteiger partial charge >= 0.3 is 0 Å². The molecule has 6 heteroatoms. The first-order chi connectivity index (χ1) is 13.0. The van der Waals surface area contributed by atoms with Crippen molar-refractivity contribution in [3.8, 4) is 5.75 Å². The third-order valence-corrected chi connectivity index (χ3v) is 7.84. The van der Waals surface area contributed by atoms with E-state index in [9.17, 15) is 14.7 Å². The van der Waals surface area contributed by atoms with E-state index in [1.807, 2.05) is 6.07 Å². The largest absolute Gasteiger partial charge is 0.480 e. The number of amides is 1. The fourth-order valence-electron chi connectivity index (χ4n) is 6.47. The van der Waals surface area contributed by atoms with Crippen molar-refractivity contribution in [2.75, 3.05) is 13.1 Å². The van der Waals surface area contributed by atoms with Gasteiger partial charge in [0.2, 0.25) is 0 Å². The van der Waals surface area contributed by atoms with Crippen LogP contribution >= 0.6 is 0 Å². The highest BCUT2D eigenvalue weighted by Crippen LogP contribution is 2.64. The van der Waals surface area contributed by atoms with Crippen LogP contribution in [0.25, 0.3) is 0 Å². The summed E-state index contributed by atoms with van der Waals surface area (Å²) in [6, 6.07) is 3.68. The van der Waals surface area contributed by atoms with E-state index < -0.39 is 23.0 Å². The van der Waals surface area contributed by atoms with Crippen LogP contribution in [0.4, 0.5) is 0 Å². The van der Waals surface area contributed by atoms with Gasteiger partial charge in [-0.3, -0.25) is 14.5 Å². The molecule has 0 radical (unpaired) electrons. The second-order valence-corrected chi connectivity index (χ2v) is 9.11. The Kier molecular flexibility index (Phi) is 2.93. The number of ether oxygens (including phenoxy) is 1. The van der Waals surface area contributed by atoms with Crippen LogP contribution in [0, 0.1) is 5.92 Å². The minimum absolute atomic E-state index is 0.00364. The van der Waals surface area contributed by atoms with Crippen LogP contribution in [-0.4, -0.2) is 52.5 Å². The molecule has 1 spiro atoms. The third-order valence-electron chi connectivity index (χ3n) is 7.84. The Hall–Kier alpha value is -1.92. The molecular formula is C21H24N2O4. The Bertz CT molecular complexity index is 894. The van der Waals surface area contributed by atoms with Gasteiger partial charge in [-0.25, -0.2) is 0 Å². The first-order valence-corrected chi connectivity index (χ1v) is 10.1. The second kappa shape index (κ2) is 4.92. The predicted octanol–water partition coefficient (Wildman–Crippen LogP) is 0.919. The van der Waals surface area contributed by atoms with E-state index in [2.05, 4.69) is 4.90 Å². The summed E-state index contributed by atoms with van der Waals surface area (Å²) < 4.78 is 6.15. The number of rotatable bonds is 3. The highest BCUT2D eigenvalue weighted by atomic mass is 16.5. The molecule has 27 heavy (non-hydrogen) atoms. The van der Waals surface area contributed by atoms with Crippen molar-refractivity contribution >= 4 is 11.7 Å². The van der Waals surface area contributed by atoms with Crippen LogP contribution in [0.1, 0.15) is 53.6 Å². The molecule has 3 N–H and O–H groups in total. The number of aliphatic hydroxyl groups is 1. The van der Waals surface area contributed by atoms with Crippen LogP contribution in [0.3, 0.4) is 0 Å². The summed E-state index contributed by atoms with van der Waals surface area (Å²) in [5, 5.41) is 12.1.